The lowest BCUT2D eigenvalue weighted by molar-refractivity contribution is -0.131. The summed E-state index contributed by atoms with van der Waals surface area (Å²) < 4.78 is 5.01. The summed E-state index contributed by atoms with van der Waals surface area (Å²) in [4.78, 5) is 25.1. The summed E-state index contributed by atoms with van der Waals surface area (Å²) in [6.07, 6.45) is 0.858. The maximum absolute atomic E-state index is 12.4. The van der Waals surface area contributed by atoms with Crippen molar-refractivity contribution in [3.05, 3.63) is 54.1 Å². The zero-order chi connectivity index (χ0) is 15.5. The average molecular weight is 296 g/mol. The van der Waals surface area contributed by atoms with Gasteiger partial charge in [-0.1, -0.05) is 24.3 Å². The standard InChI is InChI=1S/C17H16N2O3/c1-12(20)22-15-7-4-6-14(11-15)18-17(21)19-10-9-13-5-2-3-8-16(13)19/h2-8,11H,9-10H2,1H3,(H,18,21). The maximum atomic E-state index is 12.4. The van der Waals surface area contributed by atoms with Gasteiger partial charge in [0.05, 0.1) is 0 Å². The van der Waals surface area contributed by atoms with E-state index in [-0.39, 0.29) is 6.03 Å². The molecule has 1 heterocycles. The molecule has 22 heavy (non-hydrogen) atoms. The van der Waals surface area contributed by atoms with Crippen molar-refractivity contribution in [2.45, 2.75) is 13.3 Å². The number of hydrogen-bond acceptors (Lipinski definition) is 3. The Morgan fingerprint density at radius 1 is 1.14 bits per heavy atom. The molecule has 0 saturated heterocycles. The van der Waals surface area contributed by atoms with Crippen LogP contribution in [0, 0.1) is 0 Å². The minimum absolute atomic E-state index is 0.190. The molecule has 0 spiro atoms. The highest BCUT2D eigenvalue weighted by Gasteiger charge is 2.24. The molecule has 0 unspecified atom stereocenters. The Hall–Kier alpha value is -2.82. The van der Waals surface area contributed by atoms with Crippen molar-refractivity contribution in [2.75, 3.05) is 16.8 Å². The Morgan fingerprint density at radius 3 is 2.77 bits per heavy atom. The van der Waals surface area contributed by atoms with Crippen LogP contribution in [0.25, 0.3) is 0 Å². The third kappa shape index (κ3) is 2.93. The molecule has 5 nitrogen and oxygen atoms in total. The maximum Gasteiger partial charge on any atom is 0.326 e. The molecule has 2 amide bonds. The van der Waals surface area contributed by atoms with Crippen molar-refractivity contribution in [1.29, 1.82) is 0 Å². The summed E-state index contributed by atoms with van der Waals surface area (Å²) in [5, 5.41) is 2.83. The molecule has 2 aromatic carbocycles. The van der Waals surface area contributed by atoms with E-state index in [0.29, 0.717) is 18.0 Å². The fourth-order valence-corrected chi connectivity index (χ4v) is 2.54. The van der Waals surface area contributed by atoms with Gasteiger partial charge in [0.2, 0.25) is 0 Å². The van der Waals surface area contributed by atoms with E-state index in [9.17, 15) is 9.59 Å². The second kappa shape index (κ2) is 5.89. The van der Waals surface area contributed by atoms with E-state index in [1.807, 2.05) is 24.3 Å². The average Bonchev–Trinajstić information content (AvgIpc) is 2.91. The lowest BCUT2D eigenvalue weighted by Gasteiger charge is -2.18. The smallest absolute Gasteiger partial charge is 0.326 e. The number of fused-ring (bicyclic) bond motifs is 1. The first-order valence-electron chi connectivity index (χ1n) is 7.08. The number of carbonyl (C=O) groups is 2. The second-order valence-electron chi connectivity index (χ2n) is 5.08. The van der Waals surface area contributed by atoms with Crippen LogP contribution in [-0.4, -0.2) is 18.5 Å². The number of hydrogen-bond donors (Lipinski definition) is 1. The van der Waals surface area contributed by atoms with Gasteiger partial charge in [0.25, 0.3) is 0 Å². The van der Waals surface area contributed by atoms with Gasteiger partial charge in [-0.05, 0) is 30.2 Å². The van der Waals surface area contributed by atoms with Crippen LogP contribution in [0.4, 0.5) is 16.2 Å². The summed E-state index contributed by atoms with van der Waals surface area (Å²) in [7, 11) is 0. The second-order valence-corrected chi connectivity index (χ2v) is 5.08. The molecule has 5 heteroatoms. The van der Waals surface area contributed by atoms with E-state index in [0.717, 1.165) is 12.1 Å². The van der Waals surface area contributed by atoms with Crippen LogP contribution in [0.5, 0.6) is 5.75 Å². The summed E-state index contributed by atoms with van der Waals surface area (Å²) >= 11 is 0. The monoisotopic (exact) mass is 296 g/mol. The van der Waals surface area contributed by atoms with Gasteiger partial charge in [-0.3, -0.25) is 9.69 Å². The first kappa shape index (κ1) is 14.1. The van der Waals surface area contributed by atoms with Crippen LogP contribution in [0.1, 0.15) is 12.5 Å². The van der Waals surface area contributed by atoms with Crippen molar-refractivity contribution in [3.8, 4) is 5.75 Å². The molecule has 3 rings (SSSR count). The van der Waals surface area contributed by atoms with E-state index >= 15 is 0 Å². The van der Waals surface area contributed by atoms with E-state index < -0.39 is 5.97 Å². The highest BCUT2D eigenvalue weighted by Crippen LogP contribution is 2.28. The number of nitrogens with one attached hydrogen (secondary N) is 1. The number of carbonyl (C=O) groups excluding carboxylic acids is 2. The molecular formula is C17H16N2O3. The van der Waals surface area contributed by atoms with Gasteiger partial charge in [0, 0.05) is 30.9 Å². The van der Waals surface area contributed by atoms with E-state index in [4.69, 9.17) is 4.74 Å². The van der Waals surface area contributed by atoms with Crippen LogP contribution in [0.2, 0.25) is 0 Å². The SMILES string of the molecule is CC(=O)Oc1cccc(NC(=O)N2CCc3ccccc32)c1. The van der Waals surface area contributed by atoms with Crippen molar-refractivity contribution in [1.82, 2.24) is 0 Å². The van der Waals surface area contributed by atoms with Crippen molar-refractivity contribution in [2.24, 2.45) is 0 Å². The number of para-hydroxylation sites is 1. The number of anilines is 2. The zero-order valence-electron chi connectivity index (χ0n) is 12.2. The summed E-state index contributed by atoms with van der Waals surface area (Å²) in [5.41, 5.74) is 2.70. The molecule has 0 bridgehead atoms. The third-order valence-electron chi connectivity index (χ3n) is 3.48. The molecule has 0 radical (unpaired) electrons. The Kier molecular flexibility index (Phi) is 3.78. The number of amides is 2. The Bertz CT molecular complexity index is 727. The van der Waals surface area contributed by atoms with Crippen LogP contribution >= 0.6 is 0 Å². The number of nitrogens with zero attached hydrogens (tertiary/aromatic N) is 1. The number of benzene rings is 2. The first-order chi connectivity index (χ1) is 10.6. The number of rotatable bonds is 2. The van der Waals surface area contributed by atoms with Crippen LogP contribution < -0.4 is 15.0 Å². The topological polar surface area (TPSA) is 58.6 Å². The Morgan fingerprint density at radius 2 is 1.95 bits per heavy atom. The minimum atomic E-state index is -0.392. The molecule has 0 aliphatic carbocycles. The van der Waals surface area contributed by atoms with Gasteiger partial charge in [-0.2, -0.15) is 0 Å². The predicted octanol–water partition coefficient (Wildman–Crippen LogP) is 3.21. The van der Waals surface area contributed by atoms with Crippen molar-refractivity contribution in [3.63, 3.8) is 0 Å². The molecule has 0 atom stereocenters. The zero-order valence-corrected chi connectivity index (χ0v) is 12.2. The van der Waals surface area contributed by atoms with Gasteiger partial charge >= 0.3 is 12.0 Å². The number of esters is 1. The van der Waals surface area contributed by atoms with Gasteiger partial charge in [0.15, 0.2) is 0 Å². The van der Waals surface area contributed by atoms with Gasteiger partial charge in [0.1, 0.15) is 5.75 Å². The molecular weight excluding hydrogens is 280 g/mol. The van der Waals surface area contributed by atoms with Crippen LogP contribution in [-0.2, 0) is 11.2 Å². The Labute approximate surface area is 128 Å². The molecule has 1 aliphatic heterocycles. The predicted molar refractivity (Wildman–Crippen MR) is 84.3 cm³/mol. The van der Waals surface area contributed by atoms with E-state index in [2.05, 4.69) is 5.32 Å². The van der Waals surface area contributed by atoms with E-state index in [1.165, 1.54) is 12.5 Å². The molecule has 2 aromatic rings. The molecule has 0 aromatic heterocycles. The van der Waals surface area contributed by atoms with Crippen LogP contribution in [0.15, 0.2) is 48.5 Å². The third-order valence-corrected chi connectivity index (χ3v) is 3.48. The first-order valence-corrected chi connectivity index (χ1v) is 7.08. The lowest BCUT2D eigenvalue weighted by atomic mass is 10.2. The molecule has 0 fully saturated rings. The molecule has 1 N–H and O–H groups in total. The van der Waals surface area contributed by atoms with Gasteiger partial charge < -0.3 is 10.1 Å². The normalized spacial score (nSPS) is 12.7. The molecule has 0 saturated carbocycles. The fourth-order valence-electron chi connectivity index (χ4n) is 2.54. The summed E-state index contributed by atoms with van der Waals surface area (Å²) in [6, 6.07) is 14.5. The highest BCUT2D eigenvalue weighted by atomic mass is 16.5. The lowest BCUT2D eigenvalue weighted by Crippen LogP contribution is -2.33. The van der Waals surface area contributed by atoms with Crippen molar-refractivity contribution >= 4 is 23.4 Å². The molecule has 112 valence electrons. The van der Waals surface area contributed by atoms with Crippen LogP contribution in [0.3, 0.4) is 0 Å². The largest absolute Gasteiger partial charge is 0.427 e. The summed E-state index contributed by atoms with van der Waals surface area (Å²) in [6.45, 7) is 2.00. The van der Waals surface area contributed by atoms with E-state index in [1.54, 1.807) is 29.2 Å². The van der Waals surface area contributed by atoms with Gasteiger partial charge in [-0.25, -0.2) is 4.79 Å². The summed E-state index contributed by atoms with van der Waals surface area (Å²) in [5.74, 6) is 0.0177. The minimum Gasteiger partial charge on any atom is -0.427 e. The molecule has 1 aliphatic rings. The quantitative estimate of drug-likeness (QED) is 0.684. The fraction of sp³-hybridized carbons (Fsp3) is 0.176. The number of ether oxygens (including phenoxy) is 1. The Balaban J connectivity index is 1.74. The van der Waals surface area contributed by atoms with Crippen molar-refractivity contribution < 1.29 is 14.3 Å². The number of urea groups is 1. The highest BCUT2D eigenvalue weighted by molar-refractivity contribution is 6.03. The van der Waals surface area contributed by atoms with Gasteiger partial charge in [-0.15, -0.1) is 0 Å².